The van der Waals surface area contributed by atoms with E-state index in [9.17, 15) is 9.59 Å². The molecule has 0 rings (SSSR count). The summed E-state index contributed by atoms with van der Waals surface area (Å²) >= 11 is 0. The van der Waals surface area contributed by atoms with Gasteiger partial charge in [-0.05, 0) is 6.92 Å². The molecule has 82 valence electrons. The predicted molar refractivity (Wildman–Crippen MR) is 51.6 cm³/mol. The Bertz CT molecular complexity index is 215. The standard InChI is InChI=1S/C10H18O4/c1-6-13-9(12)8(10(3,4)5)14-7(2)11/h8H,6H2,1-5H3. The molecule has 1 atom stereocenters. The molecule has 0 amide bonds. The molecule has 0 heterocycles. The van der Waals surface area contributed by atoms with Gasteiger partial charge >= 0.3 is 11.9 Å². The van der Waals surface area contributed by atoms with Gasteiger partial charge in [-0.3, -0.25) is 4.79 Å². The van der Waals surface area contributed by atoms with Gasteiger partial charge in [0.05, 0.1) is 6.61 Å². The Kier molecular flexibility index (Phi) is 4.60. The van der Waals surface area contributed by atoms with E-state index in [4.69, 9.17) is 9.47 Å². The van der Waals surface area contributed by atoms with E-state index in [1.165, 1.54) is 6.92 Å². The number of carbonyl (C=O) groups excluding carboxylic acids is 2. The zero-order valence-corrected chi connectivity index (χ0v) is 9.42. The Morgan fingerprint density at radius 3 is 2.07 bits per heavy atom. The van der Waals surface area contributed by atoms with Crippen LogP contribution < -0.4 is 0 Å². The number of hydrogen-bond acceptors (Lipinski definition) is 4. The zero-order valence-electron chi connectivity index (χ0n) is 9.42. The SMILES string of the molecule is CCOC(=O)C(OC(C)=O)C(C)(C)C. The molecule has 0 aromatic rings. The molecular weight excluding hydrogens is 184 g/mol. The smallest absolute Gasteiger partial charge is 0.347 e. The summed E-state index contributed by atoms with van der Waals surface area (Å²) in [6.07, 6.45) is -0.833. The maximum Gasteiger partial charge on any atom is 0.347 e. The summed E-state index contributed by atoms with van der Waals surface area (Å²) in [5.41, 5.74) is -0.447. The number of carbonyl (C=O) groups is 2. The van der Waals surface area contributed by atoms with Crippen molar-refractivity contribution in [3.05, 3.63) is 0 Å². The number of esters is 2. The molecule has 4 heteroatoms. The Labute approximate surface area is 84.6 Å². The Hall–Kier alpha value is -1.06. The fourth-order valence-corrected chi connectivity index (χ4v) is 0.962. The molecular formula is C10H18O4. The van der Waals surface area contributed by atoms with Crippen LogP contribution >= 0.6 is 0 Å². The molecule has 1 unspecified atom stereocenters. The first-order valence-corrected chi connectivity index (χ1v) is 4.63. The van der Waals surface area contributed by atoms with E-state index in [1.54, 1.807) is 6.92 Å². The summed E-state index contributed by atoms with van der Waals surface area (Å²) in [5.74, 6) is -0.965. The highest BCUT2D eigenvalue weighted by Gasteiger charge is 2.35. The first-order chi connectivity index (χ1) is 6.29. The monoisotopic (exact) mass is 202 g/mol. The summed E-state index contributed by atoms with van der Waals surface area (Å²) in [5, 5.41) is 0. The largest absolute Gasteiger partial charge is 0.463 e. The van der Waals surface area contributed by atoms with Crippen molar-refractivity contribution in [1.82, 2.24) is 0 Å². The molecule has 0 saturated carbocycles. The second kappa shape index (κ2) is 4.98. The molecule has 0 aliphatic heterocycles. The van der Waals surface area contributed by atoms with Gasteiger partial charge in [0, 0.05) is 12.3 Å². The normalized spacial score (nSPS) is 13.2. The minimum atomic E-state index is -0.833. The van der Waals surface area contributed by atoms with Crippen LogP contribution in [0, 0.1) is 5.41 Å². The van der Waals surface area contributed by atoms with Crippen LogP contribution in [0.15, 0.2) is 0 Å². The highest BCUT2D eigenvalue weighted by molar-refractivity contribution is 5.79. The molecule has 14 heavy (non-hydrogen) atoms. The van der Waals surface area contributed by atoms with Gasteiger partial charge in [-0.15, -0.1) is 0 Å². The van der Waals surface area contributed by atoms with Crippen molar-refractivity contribution >= 4 is 11.9 Å². The highest BCUT2D eigenvalue weighted by atomic mass is 16.6. The molecule has 0 N–H and O–H groups in total. The van der Waals surface area contributed by atoms with Crippen molar-refractivity contribution < 1.29 is 19.1 Å². The quantitative estimate of drug-likeness (QED) is 0.651. The lowest BCUT2D eigenvalue weighted by Gasteiger charge is -2.27. The topological polar surface area (TPSA) is 52.6 Å². The molecule has 0 spiro atoms. The third kappa shape index (κ3) is 4.25. The van der Waals surface area contributed by atoms with Gasteiger partial charge in [-0.2, -0.15) is 0 Å². The summed E-state index contributed by atoms with van der Waals surface area (Å²) in [6, 6.07) is 0. The van der Waals surface area contributed by atoms with E-state index >= 15 is 0 Å². The van der Waals surface area contributed by atoms with Gasteiger partial charge in [0.25, 0.3) is 0 Å². The summed E-state index contributed by atoms with van der Waals surface area (Å²) in [6.45, 7) is 8.72. The zero-order chi connectivity index (χ0) is 11.4. The first-order valence-electron chi connectivity index (χ1n) is 4.63. The maximum absolute atomic E-state index is 11.4. The lowest BCUT2D eigenvalue weighted by molar-refractivity contribution is -0.173. The Morgan fingerprint density at radius 1 is 1.29 bits per heavy atom. The molecule has 0 aliphatic carbocycles. The van der Waals surface area contributed by atoms with Crippen molar-refractivity contribution in [1.29, 1.82) is 0 Å². The fourth-order valence-electron chi connectivity index (χ4n) is 0.962. The Morgan fingerprint density at radius 2 is 1.79 bits per heavy atom. The van der Waals surface area contributed by atoms with Crippen molar-refractivity contribution in [2.75, 3.05) is 6.61 Å². The molecule has 0 aromatic heterocycles. The average molecular weight is 202 g/mol. The Balaban J connectivity index is 4.55. The maximum atomic E-state index is 11.4. The van der Waals surface area contributed by atoms with Gasteiger partial charge in [0.15, 0.2) is 0 Å². The van der Waals surface area contributed by atoms with Crippen LogP contribution in [0.1, 0.15) is 34.6 Å². The lowest BCUT2D eigenvalue weighted by atomic mass is 9.89. The molecule has 0 bridgehead atoms. The molecule has 4 nitrogen and oxygen atoms in total. The van der Waals surface area contributed by atoms with E-state index < -0.39 is 23.5 Å². The van der Waals surface area contributed by atoms with Crippen LogP contribution in [-0.4, -0.2) is 24.6 Å². The number of hydrogen-bond donors (Lipinski definition) is 0. The molecule has 0 aromatic carbocycles. The molecule has 0 aliphatic rings. The van der Waals surface area contributed by atoms with Crippen LogP contribution in [0.4, 0.5) is 0 Å². The van der Waals surface area contributed by atoms with E-state index in [-0.39, 0.29) is 6.61 Å². The highest BCUT2D eigenvalue weighted by Crippen LogP contribution is 2.23. The minimum Gasteiger partial charge on any atom is -0.463 e. The minimum absolute atomic E-state index is 0.284. The van der Waals surface area contributed by atoms with Gasteiger partial charge in [-0.1, -0.05) is 20.8 Å². The number of rotatable bonds is 3. The first kappa shape index (κ1) is 12.9. The summed E-state index contributed by atoms with van der Waals surface area (Å²) < 4.78 is 9.73. The fraction of sp³-hybridized carbons (Fsp3) is 0.800. The third-order valence-corrected chi connectivity index (χ3v) is 1.57. The molecule has 0 fully saturated rings. The third-order valence-electron chi connectivity index (χ3n) is 1.57. The van der Waals surface area contributed by atoms with Gasteiger partial charge in [-0.25, -0.2) is 4.79 Å². The van der Waals surface area contributed by atoms with Crippen LogP contribution in [-0.2, 0) is 19.1 Å². The van der Waals surface area contributed by atoms with Crippen LogP contribution in [0.2, 0.25) is 0 Å². The van der Waals surface area contributed by atoms with Gasteiger partial charge < -0.3 is 9.47 Å². The second-order valence-electron chi connectivity index (χ2n) is 4.11. The van der Waals surface area contributed by atoms with Crippen molar-refractivity contribution in [3.8, 4) is 0 Å². The van der Waals surface area contributed by atoms with Gasteiger partial charge in [0.1, 0.15) is 0 Å². The van der Waals surface area contributed by atoms with Crippen molar-refractivity contribution in [3.63, 3.8) is 0 Å². The average Bonchev–Trinajstić information content (AvgIpc) is 1.98. The summed E-state index contributed by atoms with van der Waals surface area (Å²) in [4.78, 5) is 22.2. The van der Waals surface area contributed by atoms with E-state index in [2.05, 4.69) is 0 Å². The van der Waals surface area contributed by atoms with Crippen molar-refractivity contribution in [2.24, 2.45) is 5.41 Å². The summed E-state index contributed by atoms with van der Waals surface area (Å²) in [7, 11) is 0. The molecule has 0 radical (unpaired) electrons. The lowest BCUT2D eigenvalue weighted by Crippen LogP contribution is -2.39. The van der Waals surface area contributed by atoms with Gasteiger partial charge in [0.2, 0.25) is 6.10 Å². The van der Waals surface area contributed by atoms with E-state index in [1.807, 2.05) is 20.8 Å². The van der Waals surface area contributed by atoms with E-state index in [0.29, 0.717) is 0 Å². The van der Waals surface area contributed by atoms with E-state index in [0.717, 1.165) is 0 Å². The second-order valence-corrected chi connectivity index (χ2v) is 4.11. The van der Waals surface area contributed by atoms with Crippen LogP contribution in [0.3, 0.4) is 0 Å². The number of ether oxygens (including phenoxy) is 2. The predicted octanol–water partition coefficient (Wildman–Crippen LogP) is 1.53. The molecule has 0 saturated heterocycles. The van der Waals surface area contributed by atoms with Crippen molar-refractivity contribution in [2.45, 2.75) is 40.7 Å². The van der Waals surface area contributed by atoms with Crippen LogP contribution in [0.25, 0.3) is 0 Å². The van der Waals surface area contributed by atoms with Crippen LogP contribution in [0.5, 0.6) is 0 Å².